The highest BCUT2D eigenvalue weighted by Gasteiger charge is 2.90. The van der Waals surface area contributed by atoms with Crippen molar-refractivity contribution in [3.8, 4) is 12.1 Å². The van der Waals surface area contributed by atoms with Gasteiger partial charge in [0.15, 0.2) is 17.5 Å². The Morgan fingerprint density at radius 1 is 0.930 bits per heavy atom. The number of phosphoric ester groups is 1. The number of rotatable bonds is 28. The molecule has 0 spiro atoms. The first-order chi connectivity index (χ1) is 27.6. The minimum Gasteiger partial charge on any atom is -0.387 e. The molecule has 3 aromatic rings. The maximum Gasteiger partial charge on any atom is 0.472 e. The maximum absolute atomic E-state index is 13.2. The molecule has 4 heterocycles. The summed E-state index contributed by atoms with van der Waals surface area (Å²) in [5, 5.41) is 45.9. The van der Waals surface area contributed by atoms with Gasteiger partial charge in [0.2, 0.25) is 5.60 Å². The summed E-state index contributed by atoms with van der Waals surface area (Å²) in [5.41, 5.74) is 3.16. The molecule has 1 aliphatic heterocycles. The summed E-state index contributed by atoms with van der Waals surface area (Å²) in [5.74, 6) is 0.179. The summed E-state index contributed by atoms with van der Waals surface area (Å²) < 4.78 is 37.3. The SMILES string of the molecule is CCCCCCCCCCCCCCCCCCCC[C@H](COP(=O)(O)OC1[C@@]2(C#N)O[C@@H](c3ccc4c(N)ncnn34)[C@H](O)[C@@]12O)OCc1ccc(C#N)nc1. The fraction of sp³-hybridized carbons (Fsp3) is 0.683. The van der Waals surface area contributed by atoms with Crippen molar-refractivity contribution in [3.63, 3.8) is 0 Å². The Morgan fingerprint density at radius 2 is 1.54 bits per heavy atom. The number of aliphatic hydroxyl groups excluding tert-OH is 1. The van der Waals surface area contributed by atoms with Crippen LogP contribution >= 0.6 is 7.82 Å². The van der Waals surface area contributed by atoms with E-state index >= 15 is 0 Å². The first-order valence-corrected chi connectivity index (χ1v) is 22.3. The molecule has 2 fully saturated rings. The monoisotopic (exact) mass is 809 g/mol. The Bertz CT molecular complexity index is 1830. The molecular weight excluding hydrogens is 749 g/mol. The number of nitrogens with zero attached hydrogens (tertiary/aromatic N) is 6. The van der Waals surface area contributed by atoms with Crippen LogP contribution in [0.2, 0.25) is 0 Å². The minimum atomic E-state index is -4.90. The van der Waals surface area contributed by atoms with E-state index in [0.717, 1.165) is 31.2 Å². The second kappa shape index (κ2) is 21.5. The van der Waals surface area contributed by atoms with Crippen LogP contribution in [-0.2, 0) is 29.7 Å². The standard InChI is InChI=1S/C41H60N7O8P/c1-2-3-4-5-6-7-8-9-10-11-12-13-14-15-16-17-18-19-20-33(53-27-31-21-22-32(25-42)45-26-31)28-54-57(51,52)56-39-40(29-43)41(39,50)37(49)36(55-40)34-23-24-35-38(44)46-30-47-48(34)35/h21-24,26,30,33,36-37,39,49-50H,2-20,27-28H2,1H3,(H,51,52)(H2,44,46,47)/t33-,36+,37+,39?,40-,41-/m1/s1. The summed E-state index contributed by atoms with van der Waals surface area (Å²) in [7, 11) is -4.90. The van der Waals surface area contributed by atoms with Crippen LogP contribution in [0.3, 0.4) is 0 Å². The number of nitrogens with two attached hydrogens (primary N) is 1. The van der Waals surface area contributed by atoms with E-state index in [1.54, 1.807) is 24.3 Å². The summed E-state index contributed by atoms with van der Waals surface area (Å²) >= 11 is 0. The fourth-order valence-electron chi connectivity index (χ4n) is 7.81. The Kier molecular flexibility index (Phi) is 16.8. The minimum absolute atomic E-state index is 0.134. The van der Waals surface area contributed by atoms with E-state index < -0.39 is 43.4 Å². The van der Waals surface area contributed by atoms with Crippen LogP contribution in [0.5, 0.6) is 0 Å². The van der Waals surface area contributed by atoms with Crippen molar-refractivity contribution in [2.24, 2.45) is 0 Å². The first kappa shape index (κ1) is 44.6. The number of phosphoric acid groups is 1. The second-order valence-electron chi connectivity index (χ2n) is 15.5. The van der Waals surface area contributed by atoms with Crippen LogP contribution in [0.15, 0.2) is 36.8 Å². The third-order valence-electron chi connectivity index (χ3n) is 11.3. The molecule has 0 radical (unpaired) electrons. The van der Waals surface area contributed by atoms with Crippen molar-refractivity contribution in [2.45, 2.75) is 171 Å². The molecule has 3 aromatic heterocycles. The third-order valence-corrected chi connectivity index (χ3v) is 12.2. The second-order valence-corrected chi connectivity index (χ2v) is 16.9. The Hall–Kier alpha value is -3.50. The first-order valence-electron chi connectivity index (χ1n) is 20.8. The average molecular weight is 810 g/mol. The molecule has 2 unspecified atom stereocenters. The number of hydrogen-bond donors (Lipinski definition) is 4. The molecule has 7 atom stereocenters. The van der Waals surface area contributed by atoms with Gasteiger partial charge in [-0.15, -0.1) is 0 Å². The molecule has 0 aromatic carbocycles. The van der Waals surface area contributed by atoms with Crippen molar-refractivity contribution >= 4 is 19.2 Å². The van der Waals surface area contributed by atoms with E-state index in [0.29, 0.717) is 17.6 Å². The molecular formula is C41H60N7O8P. The predicted octanol–water partition coefficient (Wildman–Crippen LogP) is 7.54. The normalized spacial score (nSPS) is 24.1. The van der Waals surface area contributed by atoms with Crippen molar-refractivity contribution < 1.29 is 38.2 Å². The Labute approximate surface area is 336 Å². The molecule has 1 aliphatic carbocycles. The third kappa shape index (κ3) is 11.4. The molecule has 0 bridgehead atoms. The molecule has 0 amide bonds. The van der Waals surface area contributed by atoms with Crippen molar-refractivity contribution in [2.75, 3.05) is 12.3 Å². The lowest BCUT2D eigenvalue weighted by atomic mass is 10.0. The highest BCUT2D eigenvalue weighted by Crippen LogP contribution is 2.68. The number of fused-ring (bicyclic) bond motifs is 2. The number of aliphatic hydroxyl groups is 2. The number of nitrogen functional groups attached to an aromatic ring is 1. The number of hydrogen-bond acceptors (Lipinski definition) is 13. The quantitative estimate of drug-likeness (QED) is 0.0410. The Morgan fingerprint density at radius 3 is 2.09 bits per heavy atom. The van der Waals surface area contributed by atoms with Gasteiger partial charge < -0.3 is 30.3 Å². The zero-order valence-electron chi connectivity index (χ0n) is 33.2. The summed E-state index contributed by atoms with van der Waals surface area (Å²) in [6.07, 6.45) is 20.8. The molecule has 1 saturated carbocycles. The van der Waals surface area contributed by atoms with Gasteiger partial charge in [-0.3, -0.25) is 9.05 Å². The number of anilines is 1. The molecule has 5 rings (SSSR count). The summed E-state index contributed by atoms with van der Waals surface area (Å²) in [6.45, 7) is 2.08. The van der Waals surface area contributed by atoms with Gasteiger partial charge in [-0.05, 0) is 30.2 Å². The molecule has 57 heavy (non-hydrogen) atoms. The van der Waals surface area contributed by atoms with E-state index in [2.05, 4.69) is 22.0 Å². The number of unbranched alkanes of at least 4 members (excludes halogenated alkanes) is 17. The van der Waals surface area contributed by atoms with Gasteiger partial charge >= 0.3 is 7.82 Å². The summed E-state index contributed by atoms with van der Waals surface area (Å²) in [4.78, 5) is 18.8. The van der Waals surface area contributed by atoms with Gasteiger partial charge in [-0.2, -0.15) is 15.6 Å². The maximum atomic E-state index is 13.2. The van der Waals surface area contributed by atoms with Gasteiger partial charge in [0.05, 0.1) is 25.0 Å². The lowest BCUT2D eigenvalue weighted by Gasteiger charge is -2.24. The zero-order chi connectivity index (χ0) is 40.7. The Balaban J connectivity index is 1.04. The van der Waals surface area contributed by atoms with E-state index in [9.17, 15) is 24.9 Å². The molecule has 5 N–H and O–H groups in total. The van der Waals surface area contributed by atoms with E-state index in [-0.39, 0.29) is 24.7 Å². The number of pyridine rings is 1. The highest BCUT2D eigenvalue weighted by atomic mass is 31.2. The van der Waals surface area contributed by atoms with Crippen LogP contribution < -0.4 is 5.73 Å². The number of ether oxygens (including phenoxy) is 2. The van der Waals surface area contributed by atoms with Crippen molar-refractivity contribution in [3.05, 3.63) is 53.7 Å². The van der Waals surface area contributed by atoms with Crippen LogP contribution in [0.1, 0.15) is 152 Å². The van der Waals surface area contributed by atoms with Crippen LogP contribution in [0, 0.1) is 22.7 Å². The van der Waals surface area contributed by atoms with Crippen molar-refractivity contribution in [1.29, 1.82) is 10.5 Å². The molecule has 1 saturated heterocycles. The van der Waals surface area contributed by atoms with Crippen LogP contribution in [0.25, 0.3) is 5.52 Å². The zero-order valence-corrected chi connectivity index (χ0v) is 34.1. The van der Waals surface area contributed by atoms with Gasteiger partial charge in [-0.25, -0.2) is 19.0 Å². The van der Waals surface area contributed by atoms with Gasteiger partial charge in [-0.1, -0.05) is 129 Å². The van der Waals surface area contributed by atoms with E-state index in [1.165, 1.54) is 107 Å². The topological polar surface area (TPSA) is 231 Å². The number of aromatic nitrogens is 4. The van der Waals surface area contributed by atoms with Crippen LogP contribution in [0.4, 0.5) is 5.82 Å². The highest BCUT2D eigenvalue weighted by molar-refractivity contribution is 7.47. The average Bonchev–Trinajstić information content (AvgIpc) is 3.44. The lowest BCUT2D eigenvalue weighted by Crippen LogP contribution is -2.35. The smallest absolute Gasteiger partial charge is 0.387 e. The largest absolute Gasteiger partial charge is 0.472 e. The molecule has 15 nitrogen and oxygen atoms in total. The molecule has 2 aliphatic rings. The summed E-state index contributed by atoms with van der Waals surface area (Å²) in [6, 6.07) is 10.3. The molecule has 312 valence electrons. The lowest BCUT2D eigenvalue weighted by molar-refractivity contribution is -0.0769. The van der Waals surface area contributed by atoms with E-state index in [4.69, 9.17) is 29.5 Å². The number of nitriles is 2. The van der Waals surface area contributed by atoms with E-state index in [1.807, 2.05) is 12.1 Å². The van der Waals surface area contributed by atoms with Crippen molar-refractivity contribution in [1.82, 2.24) is 19.6 Å². The fourth-order valence-corrected chi connectivity index (χ4v) is 8.80. The van der Waals surface area contributed by atoms with Gasteiger partial charge in [0, 0.05) is 6.20 Å². The van der Waals surface area contributed by atoms with Crippen LogP contribution in [-0.4, -0.2) is 70.8 Å². The predicted molar refractivity (Wildman–Crippen MR) is 212 cm³/mol. The van der Waals surface area contributed by atoms with Gasteiger partial charge in [0.25, 0.3) is 0 Å². The molecule has 16 heteroatoms. The van der Waals surface area contributed by atoms with Gasteiger partial charge in [0.1, 0.15) is 41.9 Å².